The molecule has 1 aromatic rings. The molecule has 0 saturated carbocycles. The van der Waals surface area contributed by atoms with Gasteiger partial charge in [-0.15, -0.1) is 0 Å². The largest absolute Gasteiger partial charge is 0.354 e. The van der Waals surface area contributed by atoms with E-state index in [9.17, 15) is 0 Å². The van der Waals surface area contributed by atoms with Gasteiger partial charge in [0.15, 0.2) is 0 Å². The van der Waals surface area contributed by atoms with Crippen LogP contribution in [-0.4, -0.2) is 4.57 Å². The molecule has 0 spiro atoms. The molecule has 1 nitrogen and oxygen atoms in total. The molecule has 0 aromatic carbocycles. The predicted molar refractivity (Wildman–Crippen MR) is 43.5 cm³/mol. The average molecular weight is 130 g/mol. The minimum atomic E-state index is 0. The zero-order valence-corrected chi connectivity index (χ0v) is 6.04. The molecule has 0 aliphatic rings. The second kappa shape index (κ2) is 2.72. The summed E-state index contributed by atoms with van der Waals surface area (Å²) < 4.78 is 12.2. The van der Waals surface area contributed by atoms with Crippen LogP contribution in [0.1, 0.15) is 18.2 Å². The lowest BCUT2D eigenvalue weighted by molar-refractivity contribution is 0.525. The fraction of sp³-hybridized carbons (Fsp3) is 0.500. The van der Waals surface area contributed by atoms with Gasteiger partial charge in [0.1, 0.15) is 0 Å². The molecule has 0 N–H and O–H groups in total. The molecule has 0 aliphatic carbocycles. The monoisotopic (exact) mass is 130 g/mol. The highest BCUT2D eigenvalue weighted by atomic mass is 14.9. The van der Waals surface area contributed by atoms with Crippen LogP contribution < -0.4 is 0 Å². The van der Waals surface area contributed by atoms with Crippen molar-refractivity contribution in [2.75, 3.05) is 0 Å². The summed E-state index contributed by atoms with van der Waals surface area (Å²) in [4.78, 5) is 0. The molecule has 0 radical (unpaired) electrons. The summed E-state index contributed by atoms with van der Waals surface area (Å²) >= 11 is 0. The van der Waals surface area contributed by atoms with Crippen molar-refractivity contribution in [3.63, 3.8) is 0 Å². The van der Waals surface area contributed by atoms with Crippen LogP contribution in [0.3, 0.4) is 0 Å². The third-order valence-electron chi connectivity index (χ3n) is 1.24. The number of rotatable bonds is 2. The van der Waals surface area contributed by atoms with Gasteiger partial charge in [0.2, 0.25) is 0 Å². The lowest BCUT2D eigenvalue weighted by Gasteiger charge is -2.04. The maximum atomic E-state index is 5.00. The third kappa shape index (κ3) is 1.92. The van der Waals surface area contributed by atoms with Gasteiger partial charge in [-0.2, -0.15) is 0 Å². The lowest BCUT2D eigenvalue weighted by atomic mass is 10.2. The Morgan fingerprint density at radius 3 is 2.44 bits per heavy atom. The van der Waals surface area contributed by atoms with Crippen molar-refractivity contribution in [1.29, 1.82) is 0 Å². The van der Waals surface area contributed by atoms with Gasteiger partial charge >= 0.3 is 0 Å². The fourth-order valence-corrected chi connectivity index (χ4v) is 0.914. The van der Waals surface area contributed by atoms with Crippen molar-refractivity contribution in [3.05, 3.63) is 24.5 Å². The van der Waals surface area contributed by atoms with Crippen LogP contribution in [0.5, 0.6) is 0 Å². The Hall–Kier alpha value is -0.720. The molecule has 0 saturated heterocycles. The molecular weight excluding hydrogens is 110 g/mol. The summed E-state index contributed by atoms with van der Waals surface area (Å²) in [5, 5.41) is 0. The molecule has 54 valence electrons. The standard InChI is InChI=1S/C8H13N.2H2/c1-8(2)7-9-5-3-4-6-9;;/h3-6,8H,7H2,1-2H3;2*1H/i;1+1D;1+1. The molecule has 0 unspecified atom stereocenters. The minimum absolute atomic E-state index is 0. The third-order valence-corrected chi connectivity index (χ3v) is 1.24. The van der Waals surface area contributed by atoms with Crippen molar-refractivity contribution >= 4 is 0 Å². The minimum Gasteiger partial charge on any atom is -0.354 e. The Morgan fingerprint density at radius 1 is 1.44 bits per heavy atom. The highest BCUT2D eigenvalue weighted by Gasteiger charge is 1.91. The van der Waals surface area contributed by atoms with Gasteiger partial charge in [0.05, 0.1) is 0 Å². The molecule has 1 rings (SSSR count). The molecule has 0 fully saturated rings. The van der Waals surface area contributed by atoms with Crippen LogP contribution in [0, 0.1) is 5.92 Å². The molecular formula is C8H17N. The van der Waals surface area contributed by atoms with E-state index < -0.39 is 0 Å². The van der Waals surface area contributed by atoms with Gasteiger partial charge in [-0.3, -0.25) is 0 Å². The normalized spacial score (nSPS) is 11.4. The lowest BCUT2D eigenvalue weighted by Crippen LogP contribution is -2.00. The Morgan fingerprint density at radius 2 is 2.00 bits per heavy atom. The van der Waals surface area contributed by atoms with Gasteiger partial charge in [0.25, 0.3) is 0 Å². The van der Waals surface area contributed by atoms with Crippen LogP contribution >= 0.6 is 0 Å². The summed E-state index contributed by atoms with van der Waals surface area (Å²) in [6.07, 6.45) is 4.19. The second-order valence-electron chi connectivity index (χ2n) is 2.77. The van der Waals surface area contributed by atoms with Gasteiger partial charge < -0.3 is 4.57 Å². The summed E-state index contributed by atoms with van der Waals surface area (Å²) in [6.45, 7) is 5.58. The van der Waals surface area contributed by atoms with Crippen molar-refractivity contribution in [3.8, 4) is 0 Å². The van der Waals surface area contributed by atoms with Crippen LogP contribution in [0.2, 0.25) is 0 Å². The summed E-state index contributed by atoms with van der Waals surface area (Å²) in [5.41, 5.74) is 0. The second-order valence-corrected chi connectivity index (χ2v) is 2.77. The highest BCUT2D eigenvalue weighted by molar-refractivity contribution is 4.90. The number of aromatic nitrogens is 1. The van der Waals surface area contributed by atoms with E-state index in [2.05, 4.69) is 42.9 Å². The molecule has 1 aromatic heterocycles. The fourth-order valence-electron chi connectivity index (χ4n) is 0.914. The van der Waals surface area contributed by atoms with Crippen molar-refractivity contribution in [2.24, 2.45) is 5.92 Å². The first kappa shape index (κ1) is 5.10. The van der Waals surface area contributed by atoms with E-state index in [1.165, 1.54) is 0 Å². The van der Waals surface area contributed by atoms with E-state index in [1.807, 2.05) is 0 Å². The van der Waals surface area contributed by atoms with E-state index in [1.54, 1.807) is 0 Å². The summed E-state index contributed by atoms with van der Waals surface area (Å²) in [6, 6.07) is 4.12. The summed E-state index contributed by atoms with van der Waals surface area (Å²) in [7, 11) is 0. The van der Waals surface area contributed by atoms with Crippen LogP contribution in [0.15, 0.2) is 24.5 Å². The van der Waals surface area contributed by atoms with E-state index >= 15 is 0 Å². The Bertz CT molecular complexity index is 161. The molecule has 0 aliphatic heterocycles. The topological polar surface area (TPSA) is 4.93 Å². The zero-order chi connectivity index (χ0) is 8.69. The molecule has 1 heteroatoms. The maximum absolute atomic E-state index is 5.00. The first-order valence-electron chi connectivity index (χ1n) is 4.40. The summed E-state index contributed by atoms with van der Waals surface area (Å²) in [5.74, 6) is 0.748. The molecule has 0 bridgehead atoms. The average Bonchev–Trinajstić information content (AvgIpc) is 2.43. The number of nitrogens with zero attached hydrogens (tertiary/aromatic N) is 1. The van der Waals surface area contributed by atoms with E-state index in [4.69, 9.17) is 2.97 Å². The van der Waals surface area contributed by atoms with Gasteiger partial charge in [-0.25, -0.2) is 0 Å². The van der Waals surface area contributed by atoms with Crippen molar-refractivity contribution in [1.82, 2.24) is 4.57 Å². The predicted octanol–water partition coefficient (Wildman–Crippen LogP) is 2.64. The number of hydrogen-bond donors (Lipinski definition) is 0. The Kier molecular flexibility index (Phi) is 1.54. The van der Waals surface area contributed by atoms with E-state index in [0.717, 1.165) is 12.5 Å². The van der Waals surface area contributed by atoms with Gasteiger partial charge in [-0.05, 0) is 18.1 Å². The van der Waals surface area contributed by atoms with E-state index in [0.29, 0.717) is 0 Å². The quantitative estimate of drug-likeness (QED) is 0.580. The van der Waals surface area contributed by atoms with Crippen LogP contribution in [0.4, 0.5) is 0 Å². The smallest absolute Gasteiger partial charge is 0.0242 e. The molecule has 0 atom stereocenters. The zero-order valence-electron chi connectivity index (χ0n) is 8.04. The Balaban J connectivity index is 0. The van der Waals surface area contributed by atoms with Crippen LogP contribution in [0.25, 0.3) is 0 Å². The Labute approximate surface area is 60.9 Å². The van der Waals surface area contributed by atoms with Gasteiger partial charge in [0, 0.05) is 23.3 Å². The van der Waals surface area contributed by atoms with Crippen molar-refractivity contribution in [2.45, 2.75) is 20.4 Å². The molecule has 0 amide bonds. The molecule has 9 heavy (non-hydrogen) atoms. The first-order chi connectivity index (χ1) is 5.29. The maximum Gasteiger partial charge on any atom is 0.0242 e. The van der Waals surface area contributed by atoms with Crippen molar-refractivity contribution < 1.29 is 4.40 Å². The van der Waals surface area contributed by atoms with Crippen LogP contribution in [-0.2, 0) is 6.54 Å². The first-order valence-corrected chi connectivity index (χ1v) is 3.40. The molecule has 1 heterocycles. The van der Waals surface area contributed by atoms with E-state index in [-0.39, 0.29) is 1.43 Å². The number of hydrogen-bond acceptors (Lipinski definition) is 0. The SMILES string of the molecule is CC(C)Cn1cccc1.[2HH].[2H][2H]. The highest BCUT2D eigenvalue weighted by Crippen LogP contribution is 1.98. The van der Waals surface area contributed by atoms with Gasteiger partial charge in [-0.1, -0.05) is 13.8 Å².